The number of hydrogen-bond acceptors (Lipinski definition) is 7. The number of rotatable bonds is 7. The molecule has 0 aliphatic carbocycles. The molecule has 0 amide bonds. The van der Waals surface area contributed by atoms with Crippen molar-refractivity contribution < 1.29 is 9.47 Å². The molecule has 8 nitrogen and oxygen atoms in total. The largest absolute Gasteiger partial charge is 0.454 e. The fourth-order valence-corrected chi connectivity index (χ4v) is 4.37. The lowest BCUT2D eigenvalue weighted by atomic mass is 10.1. The molecule has 0 atom stereocenters. The Morgan fingerprint density at radius 1 is 1.06 bits per heavy atom. The standard InChI is InChI=1S/C23H26N6O2S/c1-2-8-28-22(19-4-3-7-24-14-19)25-29(23(28)32)16-27-11-9-26(10-12-27)15-18-5-6-20-21(13-18)31-17-30-20/h2-7,13-14H,1,8-12,15-17H2. The van der Waals surface area contributed by atoms with Gasteiger partial charge >= 0.3 is 0 Å². The van der Waals surface area contributed by atoms with Gasteiger partial charge in [0, 0.05) is 57.2 Å². The summed E-state index contributed by atoms with van der Waals surface area (Å²) < 4.78 is 15.5. The van der Waals surface area contributed by atoms with Crippen molar-refractivity contribution in [2.24, 2.45) is 0 Å². The van der Waals surface area contributed by atoms with Crippen LogP contribution in [0.3, 0.4) is 0 Å². The molecule has 9 heteroatoms. The van der Waals surface area contributed by atoms with Gasteiger partial charge in [-0.05, 0) is 42.0 Å². The first-order valence-electron chi connectivity index (χ1n) is 10.7. The zero-order chi connectivity index (χ0) is 21.9. The molecule has 2 aromatic heterocycles. The van der Waals surface area contributed by atoms with E-state index in [9.17, 15) is 0 Å². The number of aromatic nitrogens is 4. The molecule has 0 spiro atoms. The molecule has 0 bridgehead atoms. The molecule has 1 saturated heterocycles. The second-order valence-electron chi connectivity index (χ2n) is 7.97. The van der Waals surface area contributed by atoms with Gasteiger partial charge in [-0.15, -0.1) is 6.58 Å². The van der Waals surface area contributed by atoms with Crippen molar-refractivity contribution >= 4 is 12.2 Å². The van der Waals surface area contributed by atoms with Crippen LogP contribution in [0.25, 0.3) is 11.4 Å². The second-order valence-corrected chi connectivity index (χ2v) is 8.34. The van der Waals surface area contributed by atoms with Crippen LogP contribution in [0.1, 0.15) is 5.56 Å². The van der Waals surface area contributed by atoms with Gasteiger partial charge in [0.25, 0.3) is 0 Å². The van der Waals surface area contributed by atoms with E-state index < -0.39 is 0 Å². The third-order valence-corrected chi connectivity index (χ3v) is 6.23. The van der Waals surface area contributed by atoms with Crippen LogP contribution >= 0.6 is 12.2 Å². The van der Waals surface area contributed by atoms with Gasteiger partial charge in [-0.1, -0.05) is 12.1 Å². The summed E-state index contributed by atoms with van der Waals surface area (Å²) in [7, 11) is 0. The van der Waals surface area contributed by atoms with Crippen molar-refractivity contribution in [2.75, 3.05) is 33.0 Å². The first-order chi connectivity index (χ1) is 15.7. The van der Waals surface area contributed by atoms with Crippen LogP contribution in [0.2, 0.25) is 0 Å². The predicted octanol–water partition coefficient (Wildman–Crippen LogP) is 3.17. The van der Waals surface area contributed by atoms with Crippen LogP contribution in [0.4, 0.5) is 0 Å². The minimum absolute atomic E-state index is 0.311. The summed E-state index contributed by atoms with van der Waals surface area (Å²) in [5, 5.41) is 4.82. The molecule has 2 aliphatic heterocycles. The van der Waals surface area contributed by atoms with Gasteiger partial charge in [0.05, 0.1) is 6.67 Å². The van der Waals surface area contributed by atoms with Crippen LogP contribution < -0.4 is 9.47 Å². The van der Waals surface area contributed by atoms with Gasteiger partial charge in [-0.2, -0.15) is 5.10 Å². The summed E-state index contributed by atoms with van der Waals surface area (Å²) in [4.78, 5) is 9.08. The number of piperazine rings is 1. The average molecular weight is 451 g/mol. The fourth-order valence-electron chi connectivity index (χ4n) is 4.11. The van der Waals surface area contributed by atoms with Crippen molar-refractivity contribution in [3.63, 3.8) is 0 Å². The molecule has 32 heavy (non-hydrogen) atoms. The lowest BCUT2D eigenvalue weighted by Gasteiger charge is -2.34. The normalized spacial score (nSPS) is 16.4. The molecule has 3 aromatic rings. The Labute approximate surface area is 192 Å². The molecule has 2 aliphatic rings. The Morgan fingerprint density at radius 3 is 2.66 bits per heavy atom. The van der Waals surface area contributed by atoms with E-state index in [1.54, 1.807) is 6.20 Å². The van der Waals surface area contributed by atoms with Gasteiger partial charge < -0.3 is 9.47 Å². The third-order valence-electron chi connectivity index (χ3n) is 5.80. The van der Waals surface area contributed by atoms with Gasteiger partial charge in [-0.3, -0.25) is 19.4 Å². The van der Waals surface area contributed by atoms with Gasteiger partial charge in [-0.25, -0.2) is 4.68 Å². The number of pyridine rings is 1. The van der Waals surface area contributed by atoms with Crippen LogP contribution in [0.15, 0.2) is 55.4 Å². The van der Waals surface area contributed by atoms with E-state index >= 15 is 0 Å². The van der Waals surface area contributed by atoms with Crippen molar-refractivity contribution in [2.45, 2.75) is 19.8 Å². The Hall–Kier alpha value is -3.01. The Morgan fingerprint density at radius 2 is 1.88 bits per heavy atom. The molecule has 1 aromatic carbocycles. The van der Waals surface area contributed by atoms with Crippen molar-refractivity contribution in [3.8, 4) is 22.9 Å². The Balaban J connectivity index is 1.23. The maximum Gasteiger partial charge on any atom is 0.231 e. The second kappa shape index (κ2) is 9.23. The third kappa shape index (κ3) is 4.32. The fraction of sp³-hybridized carbons (Fsp3) is 0.348. The van der Waals surface area contributed by atoms with E-state index in [4.69, 9.17) is 26.8 Å². The number of ether oxygens (including phenoxy) is 2. The molecular weight excluding hydrogens is 424 g/mol. The SMILES string of the molecule is C=CCn1c(-c2cccnc2)nn(CN2CCN(Cc3ccc4c(c3)OCO4)CC2)c1=S. The average Bonchev–Trinajstić information content (AvgIpc) is 3.41. The van der Waals surface area contributed by atoms with Crippen LogP contribution in [-0.4, -0.2) is 62.1 Å². The summed E-state index contributed by atoms with van der Waals surface area (Å²) in [6, 6.07) is 10.1. The molecule has 0 radical (unpaired) electrons. The van der Waals surface area contributed by atoms with Crippen molar-refractivity contribution in [3.05, 3.63) is 65.7 Å². The number of nitrogens with zero attached hydrogens (tertiary/aromatic N) is 6. The van der Waals surface area contributed by atoms with Gasteiger partial charge in [0.15, 0.2) is 22.1 Å². The highest BCUT2D eigenvalue weighted by molar-refractivity contribution is 7.71. The monoisotopic (exact) mass is 450 g/mol. The quantitative estimate of drug-likeness (QED) is 0.405. The molecular formula is C23H26N6O2S. The molecule has 0 saturated carbocycles. The zero-order valence-electron chi connectivity index (χ0n) is 17.9. The minimum Gasteiger partial charge on any atom is -0.454 e. The number of fused-ring (bicyclic) bond motifs is 1. The van der Waals surface area contributed by atoms with E-state index in [1.165, 1.54) is 5.56 Å². The molecule has 1 fully saturated rings. The predicted molar refractivity (Wildman–Crippen MR) is 124 cm³/mol. The number of benzene rings is 1. The molecule has 0 N–H and O–H groups in total. The molecule has 5 rings (SSSR count). The maximum atomic E-state index is 5.73. The zero-order valence-corrected chi connectivity index (χ0v) is 18.7. The Kier molecular flexibility index (Phi) is 6.02. The molecule has 0 unspecified atom stereocenters. The highest BCUT2D eigenvalue weighted by Crippen LogP contribution is 2.32. The van der Waals surface area contributed by atoms with E-state index in [2.05, 4.69) is 33.5 Å². The summed E-state index contributed by atoms with van der Waals surface area (Å²) in [6.45, 7) is 10.3. The van der Waals surface area contributed by atoms with E-state index in [-0.39, 0.29) is 0 Å². The molecule has 4 heterocycles. The van der Waals surface area contributed by atoms with Crippen molar-refractivity contribution in [1.29, 1.82) is 0 Å². The number of hydrogen-bond donors (Lipinski definition) is 0. The lowest BCUT2D eigenvalue weighted by Crippen LogP contribution is -2.46. The van der Waals surface area contributed by atoms with Crippen LogP contribution in [-0.2, 0) is 19.8 Å². The first-order valence-corrected chi connectivity index (χ1v) is 11.1. The van der Waals surface area contributed by atoms with E-state index in [1.807, 2.05) is 39.7 Å². The molecule has 166 valence electrons. The number of allylic oxidation sites excluding steroid dienone is 1. The highest BCUT2D eigenvalue weighted by Gasteiger charge is 2.21. The van der Waals surface area contributed by atoms with E-state index in [0.29, 0.717) is 24.8 Å². The van der Waals surface area contributed by atoms with Crippen LogP contribution in [0, 0.1) is 4.77 Å². The Bertz CT molecular complexity index is 1150. The smallest absolute Gasteiger partial charge is 0.231 e. The summed E-state index contributed by atoms with van der Waals surface area (Å²) in [5.74, 6) is 2.50. The first kappa shape index (κ1) is 20.9. The summed E-state index contributed by atoms with van der Waals surface area (Å²) >= 11 is 5.73. The van der Waals surface area contributed by atoms with Gasteiger partial charge in [0.2, 0.25) is 6.79 Å². The van der Waals surface area contributed by atoms with Gasteiger partial charge in [0.1, 0.15) is 0 Å². The van der Waals surface area contributed by atoms with E-state index in [0.717, 1.165) is 55.6 Å². The summed E-state index contributed by atoms with van der Waals surface area (Å²) in [6.07, 6.45) is 5.42. The highest BCUT2D eigenvalue weighted by atomic mass is 32.1. The maximum absolute atomic E-state index is 5.73. The summed E-state index contributed by atoms with van der Waals surface area (Å²) in [5.41, 5.74) is 2.20. The van der Waals surface area contributed by atoms with Crippen LogP contribution in [0.5, 0.6) is 11.5 Å². The van der Waals surface area contributed by atoms with Crippen molar-refractivity contribution in [1.82, 2.24) is 29.1 Å². The topological polar surface area (TPSA) is 60.6 Å². The lowest BCUT2D eigenvalue weighted by molar-refractivity contribution is 0.0980. The minimum atomic E-state index is 0.311.